The van der Waals surface area contributed by atoms with E-state index in [-0.39, 0.29) is 11.9 Å². The van der Waals surface area contributed by atoms with Crippen LogP contribution >= 0.6 is 0 Å². The van der Waals surface area contributed by atoms with Crippen LogP contribution in [0, 0.1) is 0 Å². The standard InChI is InChI=1S/C20H22N2O2/c1-3-13-21-14-15-22(20(23)16(21)2)17-9-11-19(12-10-17)24-18-7-5-4-6-8-18/h3-12,16H,1,13-15H2,2H3. The summed E-state index contributed by atoms with van der Waals surface area (Å²) in [5, 5.41) is 0. The Balaban J connectivity index is 1.69. The molecule has 124 valence electrons. The second kappa shape index (κ2) is 7.32. The molecule has 0 radical (unpaired) electrons. The zero-order chi connectivity index (χ0) is 16.9. The zero-order valence-corrected chi connectivity index (χ0v) is 13.9. The number of hydrogen-bond acceptors (Lipinski definition) is 3. The first-order valence-electron chi connectivity index (χ1n) is 8.18. The van der Waals surface area contributed by atoms with Crippen molar-refractivity contribution >= 4 is 11.6 Å². The summed E-state index contributed by atoms with van der Waals surface area (Å²) in [7, 11) is 0. The number of anilines is 1. The number of para-hydroxylation sites is 1. The van der Waals surface area contributed by atoms with E-state index in [1.807, 2.05) is 72.5 Å². The molecule has 0 spiro atoms. The van der Waals surface area contributed by atoms with Gasteiger partial charge < -0.3 is 9.64 Å². The average Bonchev–Trinajstić information content (AvgIpc) is 2.61. The van der Waals surface area contributed by atoms with Gasteiger partial charge in [-0.15, -0.1) is 6.58 Å². The maximum Gasteiger partial charge on any atom is 0.244 e. The Kier molecular flexibility index (Phi) is 4.96. The predicted molar refractivity (Wildman–Crippen MR) is 96.5 cm³/mol. The van der Waals surface area contributed by atoms with Crippen LogP contribution in [0.4, 0.5) is 5.69 Å². The van der Waals surface area contributed by atoms with Crippen molar-refractivity contribution in [2.75, 3.05) is 24.5 Å². The fourth-order valence-corrected chi connectivity index (χ4v) is 2.90. The van der Waals surface area contributed by atoms with Crippen molar-refractivity contribution in [3.05, 3.63) is 67.3 Å². The smallest absolute Gasteiger partial charge is 0.244 e. The highest BCUT2D eigenvalue weighted by Crippen LogP contribution is 2.26. The molecule has 1 amide bonds. The summed E-state index contributed by atoms with van der Waals surface area (Å²) < 4.78 is 5.79. The minimum atomic E-state index is -0.128. The summed E-state index contributed by atoms with van der Waals surface area (Å²) in [6.07, 6.45) is 1.84. The number of amides is 1. The molecule has 1 aliphatic rings. The number of piperazine rings is 1. The third-order valence-electron chi connectivity index (χ3n) is 4.27. The van der Waals surface area contributed by atoms with Gasteiger partial charge in [-0.3, -0.25) is 9.69 Å². The van der Waals surface area contributed by atoms with Gasteiger partial charge in [0, 0.05) is 25.3 Å². The molecule has 1 atom stereocenters. The van der Waals surface area contributed by atoms with Crippen molar-refractivity contribution < 1.29 is 9.53 Å². The van der Waals surface area contributed by atoms with Crippen molar-refractivity contribution in [1.29, 1.82) is 0 Å². The van der Waals surface area contributed by atoms with E-state index >= 15 is 0 Å². The van der Waals surface area contributed by atoms with Gasteiger partial charge in [0.2, 0.25) is 5.91 Å². The lowest BCUT2D eigenvalue weighted by Crippen LogP contribution is -2.55. The second-order valence-corrected chi connectivity index (χ2v) is 5.86. The lowest BCUT2D eigenvalue weighted by atomic mass is 10.1. The molecule has 24 heavy (non-hydrogen) atoms. The van der Waals surface area contributed by atoms with E-state index in [0.717, 1.165) is 30.3 Å². The van der Waals surface area contributed by atoms with E-state index in [0.29, 0.717) is 6.54 Å². The fraction of sp³-hybridized carbons (Fsp3) is 0.250. The van der Waals surface area contributed by atoms with Crippen LogP contribution in [-0.4, -0.2) is 36.5 Å². The van der Waals surface area contributed by atoms with Crippen molar-refractivity contribution in [3.8, 4) is 11.5 Å². The molecular formula is C20H22N2O2. The number of ether oxygens (including phenoxy) is 1. The molecule has 1 fully saturated rings. The molecule has 4 nitrogen and oxygen atoms in total. The summed E-state index contributed by atoms with van der Waals surface area (Å²) in [6.45, 7) is 7.98. The van der Waals surface area contributed by atoms with E-state index in [1.54, 1.807) is 0 Å². The number of nitrogens with zero attached hydrogens (tertiary/aromatic N) is 2. The summed E-state index contributed by atoms with van der Waals surface area (Å²) in [4.78, 5) is 16.6. The summed E-state index contributed by atoms with van der Waals surface area (Å²) >= 11 is 0. The Hall–Kier alpha value is -2.59. The number of hydrogen-bond donors (Lipinski definition) is 0. The SMILES string of the molecule is C=CCN1CCN(c2ccc(Oc3ccccc3)cc2)C(=O)C1C. The zero-order valence-electron chi connectivity index (χ0n) is 13.9. The number of carbonyl (C=O) groups excluding carboxylic acids is 1. The molecule has 2 aromatic rings. The van der Waals surface area contributed by atoms with Crippen LogP contribution in [0.3, 0.4) is 0 Å². The van der Waals surface area contributed by atoms with Crippen LogP contribution in [0.2, 0.25) is 0 Å². The highest BCUT2D eigenvalue weighted by atomic mass is 16.5. The molecule has 0 saturated carbocycles. The lowest BCUT2D eigenvalue weighted by molar-refractivity contribution is -0.124. The predicted octanol–water partition coefficient (Wildman–Crippen LogP) is 3.70. The Labute approximate surface area is 143 Å². The van der Waals surface area contributed by atoms with Crippen LogP contribution in [0.5, 0.6) is 11.5 Å². The highest BCUT2D eigenvalue weighted by molar-refractivity contribution is 5.97. The van der Waals surface area contributed by atoms with Gasteiger partial charge in [0.15, 0.2) is 0 Å². The van der Waals surface area contributed by atoms with Gasteiger partial charge in [-0.05, 0) is 43.3 Å². The van der Waals surface area contributed by atoms with Crippen molar-refractivity contribution in [3.63, 3.8) is 0 Å². The minimum absolute atomic E-state index is 0.125. The van der Waals surface area contributed by atoms with E-state index in [2.05, 4.69) is 11.5 Å². The molecule has 4 heteroatoms. The van der Waals surface area contributed by atoms with Crippen LogP contribution in [0.15, 0.2) is 67.3 Å². The second-order valence-electron chi connectivity index (χ2n) is 5.86. The van der Waals surface area contributed by atoms with Crippen molar-refractivity contribution in [2.24, 2.45) is 0 Å². The molecule has 3 rings (SSSR count). The molecule has 1 heterocycles. The first-order valence-corrected chi connectivity index (χ1v) is 8.18. The van der Waals surface area contributed by atoms with Gasteiger partial charge in [-0.2, -0.15) is 0 Å². The van der Waals surface area contributed by atoms with Crippen LogP contribution < -0.4 is 9.64 Å². The van der Waals surface area contributed by atoms with Gasteiger partial charge in [0.05, 0.1) is 6.04 Å². The monoisotopic (exact) mass is 322 g/mol. The van der Waals surface area contributed by atoms with E-state index < -0.39 is 0 Å². The maximum atomic E-state index is 12.6. The van der Waals surface area contributed by atoms with E-state index in [1.165, 1.54) is 0 Å². The van der Waals surface area contributed by atoms with Crippen LogP contribution in [0.25, 0.3) is 0 Å². The van der Waals surface area contributed by atoms with Gasteiger partial charge >= 0.3 is 0 Å². The summed E-state index contributed by atoms with van der Waals surface area (Å²) in [5.41, 5.74) is 0.908. The largest absolute Gasteiger partial charge is 0.457 e. The number of carbonyl (C=O) groups is 1. The Morgan fingerprint density at radius 3 is 2.42 bits per heavy atom. The fourth-order valence-electron chi connectivity index (χ4n) is 2.90. The van der Waals surface area contributed by atoms with Gasteiger partial charge in [0.25, 0.3) is 0 Å². The first kappa shape index (κ1) is 16.3. The Bertz CT molecular complexity index is 697. The summed E-state index contributed by atoms with van der Waals surface area (Å²) in [5.74, 6) is 1.68. The maximum absolute atomic E-state index is 12.6. The van der Waals surface area contributed by atoms with Crippen LogP contribution in [0.1, 0.15) is 6.92 Å². The van der Waals surface area contributed by atoms with Crippen LogP contribution in [-0.2, 0) is 4.79 Å². The first-order chi connectivity index (χ1) is 11.7. The number of rotatable bonds is 5. The molecule has 2 aromatic carbocycles. The molecule has 1 saturated heterocycles. The molecular weight excluding hydrogens is 300 g/mol. The van der Waals surface area contributed by atoms with Crippen molar-refractivity contribution in [2.45, 2.75) is 13.0 Å². The third-order valence-corrected chi connectivity index (χ3v) is 4.27. The average molecular weight is 322 g/mol. The normalized spacial score (nSPS) is 18.5. The molecule has 0 aliphatic carbocycles. The quantitative estimate of drug-likeness (QED) is 0.787. The van der Waals surface area contributed by atoms with Gasteiger partial charge in [-0.25, -0.2) is 0 Å². The highest BCUT2D eigenvalue weighted by Gasteiger charge is 2.31. The molecule has 0 aromatic heterocycles. The Morgan fingerprint density at radius 2 is 1.75 bits per heavy atom. The third kappa shape index (κ3) is 3.49. The number of benzene rings is 2. The lowest BCUT2D eigenvalue weighted by Gasteiger charge is -2.38. The topological polar surface area (TPSA) is 32.8 Å². The van der Waals surface area contributed by atoms with E-state index in [4.69, 9.17) is 4.74 Å². The molecule has 1 unspecified atom stereocenters. The minimum Gasteiger partial charge on any atom is -0.457 e. The summed E-state index contributed by atoms with van der Waals surface area (Å²) in [6, 6.07) is 17.2. The molecule has 0 bridgehead atoms. The molecule has 1 aliphatic heterocycles. The van der Waals surface area contributed by atoms with Gasteiger partial charge in [0.1, 0.15) is 11.5 Å². The van der Waals surface area contributed by atoms with Gasteiger partial charge in [-0.1, -0.05) is 24.3 Å². The van der Waals surface area contributed by atoms with E-state index in [9.17, 15) is 4.79 Å². The molecule has 0 N–H and O–H groups in total. The van der Waals surface area contributed by atoms with Crippen molar-refractivity contribution in [1.82, 2.24) is 4.90 Å². The Morgan fingerprint density at radius 1 is 1.08 bits per heavy atom.